The van der Waals surface area contributed by atoms with E-state index in [1.807, 2.05) is 65.6 Å². The minimum Gasteiger partial charge on any atom is -0.425 e. The van der Waals surface area contributed by atoms with Crippen LogP contribution in [-0.2, 0) is 17.9 Å². The number of rotatable bonds is 8. The van der Waals surface area contributed by atoms with Crippen LogP contribution < -0.4 is 10.5 Å². The number of hydrogen-bond acceptors (Lipinski definition) is 4. The van der Waals surface area contributed by atoms with Crippen LogP contribution in [-0.4, -0.2) is 23.3 Å². The van der Waals surface area contributed by atoms with Crippen LogP contribution in [0.15, 0.2) is 84.9 Å². The summed E-state index contributed by atoms with van der Waals surface area (Å²) in [6.45, 7) is 1.28. The van der Waals surface area contributed by atoms with Gasteiger partial charge in [0.1, 0.15) is 5.75 Å². The molecule has 0 fully saturated rings. The zero-order valence-corrected chi connectivity index (χ0v) is 15.5. The predicted molar refractivity (Wildman–Crippen MR) is 108 cm³/mol. The van der Waals surface area contributed by atoms with Crippen molar-refractivity contribution in [1.82, 2.24) is 4.90 Å². The number of carbonyl (C=O) groups excluding carboxylic acids is 2. The van der Waals surface area contributed by atoms with E-state index in [-0.39, 0.29) is 17.9 Å². The number of carbonyl (C=O) groups is 2. The van der Waals surface area contributed by atoms with Gasteiger partial charge >= 0.3 is 5.97 Å². The van der Waals surface area contributed by atoms with Crippen molar-refractivity contribution in [2.45, 2.75) is 13.1 Å². The molecule has 0 radical (unpaired) electrons. The summed E-state index contributed by atoms with van der Waals surface area (Å²) >= 11 is 0. The summed E-state index contributed by atoms with van der Waals surface area (Å²) in [5, 5.41) is 0. The maximum atomic E-state index is 12.6. The van der Waals surface area contributed by atoms with Crippen molar-refractivity contribution < 1.29 is 14.3 Å². The van der Waals surface area contributed by atoms with Gasteiger partial charge in [-0.05, 0) is 23.3 Å². The normalized spacial score (nSPS) is 10.6. The highest BCUT2D eigenvalue weighted by Gasteiger charge is 2.17. The largest absolute Gasteiger partial charge is 0.425 e. The summed E-state index contributed by atoms with van der Waals surface area (Å²) in [7, 11) is 0. The van der Waals surface area contributed by atoms with Gasteiger partial charge in [0.05, 0.1) is 12.1 Å². The van der Waals surface area contributed by atoms with Crippen molar-refractivity contribution in [1.29, 1.82) is 0 Å². The quantitative estimate of drug-likeness (QED) is 0.485. The molecule has 0 saturated carbocycles. The molecule has 3 aromatic carbocycles. The van der Waals surface area contributed by atoms with Crippen LogP contribution in [0.3, 0.4) is 0 Å². The molecule has 0 aliphatic carbocycles. The lowest BCUT2D eigenvalue weighted by molar-refractivity contribution is -0.136. The first-order valence-corrected chi connectivity index (χ1v) is 9.01. The summed E-state index contributed by atoms with van der Waals surface area (Å²) in [5.74, 6) is -0.895. The molecule has 2 N–H and O–H groups in total. The molecule has 3 aromatic rings. The molecule has 0 spiro atoms. The Labute approximate surface area is 164 Å². The lowest BCUT2D eigenvalue weighted by atomic mass is 10.1. The van der Waals surface area contributed by atoms with Gasteiger partial charge in [-0.1, -0.05) is 72.8 Å². The molecule has 3 rings (SSSR count). The summed E-state index contributed by atoms with van der Waals surface area (Å²) in [5.41, 5.74) is 7.75. The fraction of sp³-hybridized carbons (Fsp3) is 0.130. The zero-order chi connectivity index (χ0) is 19.8. The lowest BCUT2D eigenvalue weighted by Gasteiger charge is -2.22. The highest BCUT2D eigenvalue weighted by molar-refractivity contribution is 5.96. The van der Waals surface area contributed by atoms with E-state index in [1.165, 1.54) is 6.07 Å². The monoisotopic (exact) mass is 374 g/mol. The SMILES string of the molecule is NC(=O)c1ccccc1OC(=O)CN(Cc1ccccc1)Cc1ccccc1. The van der Waals surface area contributed by atoms with Gasteiger partial charge in [-0.25, -0.2) is 0 Å². The number of esters is 1. The molecule has 5 heteroatoms. The van der Waals surface area contributed by atoms with Crippen molar-refractivity contribution in [2.24, 2.45) is 5.73 Å². The molecule has 5 nitrogen and oxygen atoms in total. The van der Waals surface area contributed by atoms with E-state index in [2.05, 4.69) is 0 Å². The summed E-state index contributed by atoms with van der Waals surface area (Å²) in [4.78, 5) is 26.1. The smallest absolute Gasteiger partial charge is 0.325 e. The summed E-state index contributed by atoms with van der Waals surface area (Å²) in [6.07, 6.45) is 0. The molecule has 0 atom stereocenters. The first-order chi connectivity index (χ1) is 13.6. The van der Waals surface area contributed by atoms with Crippen LogP contribution in [0.5, 0.6) is 5.75 Å². The molecule has 0 aliphatic heterocycles. The molecule has 0 saturated heterocycles. The van der Waals surface area contributed by atoms with E-state index < -0.39 is 11.9 Å². The zero-order valence-electron chi connectivity index (χ0n) is 15.5. The average Bonchev–Trinajstić information content (AvgIpc) is 2.69. The van der Waals surface area contributed by atoms with Gasteiger partial charge in [0, 0.05) is 13.1 Å². The van der Waals surface area contributed by atoms with Gasteiger partial charge in [0.25, 0.3) is 5.91 Å². The van der Waals surface area contributed by atoms with Crippen LogP contribution in [0.1, 0.15) is 21.5 Å². The first kappa shape index (κ1) is 19.3. The van der Waals surface area contributed by atoms with Crippen LogP contribution >= 0.6 is 0 Å². The van der Waals surface area contributed by atoms with Crippen LogP contribution in [0.2, 0.25) is 0 Å². The Hall–Kier alpha value is -3.44. The Balaban J connectivity index is 1.73. The standard InChI is InChI=1S/C23H22N2O3/c24-23(27)20-13-7-8-14-21(20)28-22(26)17-25(15-18-9-3-1-4-10-18)16-19-11-5-2-6-12-19/h1-14H,15-17H2,(H2,24,27). The molecule has 1 amide bonds. The summed E-state index contributed by atoms with van der Waals surface area (Å²) < 4.78 is 5.43. The number of benzene rings is 3. The molecule has 0 unspecified atom stereocenters. The third kappa shape index (κ3) is 5.53. The molecule has 142 valence electrons. The molecular weight excluding hydrogens is 352 g/mol. The second-order valence-corrected chi connectivity index (χ2v) is 6.45. The van der Waals surface area contributed by atoms with E-state index in [1.54, 1.807) is 18.2 Å². The van der Waals surface area contributed by atoms with Gasteiger partial charge < -0.3 is 10.5 Å². The molecule has 0 heterocycles. The van der Waals surface area contributed by atoms with Gasteiger partial charge in [-0.15, -0.1) is 0 Å². The fourth-order valence-electron chi connectivity index (χ4n) is 2.95. The Morgan fingerprint density at radius 3 is 1.79 bits per heavy atom. The van der Waals surface area contributed by atoms with Crippen LogP contribution in [0.4, 0.5) is 0 Å². The van der Waals surface area contributed by atoms with Crippen LogP contribution in [0, 0.1) is 0 Å². The molecule has 0 aromatic heterocycles. The van der Waals surface area contributed by atoms with Crippen molar-refractivity contribution in [2.75, 3.05) is 6.54 Å². The Bertz CT molecular complexity index is 885. The van der Waals surface area contributed by atoms with Crippen molar-refractivity contribution in [3.63, 3.8) is 0 Å². The third-order valence-electron chi connectivity index (χ3n) is 4.23. The highest BCUT2D eigenvalue weighted by atomic mass is 16.5. The Morgan fingerprint density at radius 2 is 1.25 bits per heavy atom. The number of amides is 1. The second kappa shape index (κ2) is 9.48. The summed E-state index contributed by atoms with van der Waals surface area (Å²) in [6, 6.07) is 26.3. The van der Waals surface area contributed by atoms with E-state index in [4.69, 9.17) is 10.5 Å². The third-order valence-corrected chi connectivity index (χ3v) is 4.23. The van der Waals surface area contributed by atoms with Crippen molar-refractivity contribution in [3.8, 4) is 5.75 Å². The topological polar surface area (TPSA) is 72.6 Å². The van der Waals surface area contributed by atoms with Crippen molar-refractivity contribution >= 4 is 11.9 Å². The number of primary amides is 1. The molecule has 0 bridgehead atoms. The van der Waals surface area contributed by atoms with E-state index in [0.29, 0.717) is 13.1 Å². The van der Waals surface area contributed by atoms with Gasteiger partial charge in [0.2, 0.25) is 0 Å². The second-order valence-electron chi connectivity index (χ2n) is 6.45. The predicted octanol–water partition coefficient (Wildman–Crippen LogP) is 3.39. The number of ether oxygens (including phenoxy) is 1. The minimum atomic E-state index is -0.631. The Morgan fingerprint density at radius 1 is 0.750 bits per heavy atom. The molecular formula is C23H22N2O3. The fourth-order valence-corrected chi connectivity index (χ4v) is 2.95. The Kier molecular flexibility index (Phi) is 6.54. The highest BCUT2D eigenvalue weighted by Crippen LogP contribution is 2.18. The van der Waals surface area contributed by atoms with E-state index >= 15 is 0 Å². The number of para-hydroxylation sites is 1. The number of hydrogen-bond donors (Lipinski definition) is 1. The number of nitrogens with two attached hydrogens (primary N) is 1. The minimum absolute atomic E-state index is 0.0802. The number of nitrogens with zero attached hydrogens (tertiary/aromatic N) is 1. The van der Waals surface area contributed by atoms with Crippen LogP contribution in [0.25, 0.3) is 0 Å². The first-order valence-electron chi connectivity index (χ1n) is 9.01. The van der Waals surface area contributed by atoms with Gasteiger partial charge in [-0.2, -0.15) is 0 Å². The molecule has 28 heavy (non-hydrogen) atoms. The molecule has 0 aliphatic rings. The maximum absolute atomic E-state index is 12.6. The van der Waals surface area contributed by atoms with E-state index in [0.717, 1.165) is 11.1 Å². The average molecular weight is 374 g/mol. The van der Waals surface area contributed by atoms with Gasteiger partial charge in [0.15, 0.2) is 0 Å². The van der Waals surface area contributed by atoms with Crippen molar-refractivity contribution in [3.05, 3.63) is 102 Å². The van der Waals surface area contributed by atoms with E-state index in [9.17, 15) is 9.59 Å². The van der Waals surface area contributed by atoms with Gasteiger partial charge in [-0.3, -0.25) is 14.5 Å². The lowest BCUT2D eigenvalue weighted by Crippen LogP contribution is -2.32. The maximum Gasteiger partial charge on any atom is 0.325 e.